The van der Waals surface area contributed by atoms with Gasteiger partial charge in [-0.05, 0) is 46.2 Å². The van der Waals surface area contributed by atoms with E-state index in [4.69, 9.17) is 11.6 Å². The number of aliphatic imine (C=N–C) groups is 1. The topological polar surface area (TPSA) is 56.7 Å². The number of amides is 1. The molecule has 2 N–H and O–H groups in total. The molecule has 1 aromatic rings. The van der Waals surface area contributed by atoms with Crippen LogP contribution in [0.4, 0.5) is 4.39 Å². The fraction of sp³-hybridized carbons (Fsp3) is 0.556. The Morgan fingerprint density at radius 3 is 2.60 bits per heavy atom. The molecule has 0 spiro atoms. The molecule has 0 heterocycles. The first-order valence-corrected chi connectivity index (χ1v) is 8.75. The average molecular weight is 371 g/mol. The third-order valence-corrected chi connectivity index (χ3v) is 3.63. The third-order valence-electron chi connectivity index (χ3n) is 3.28. The monoisotopic (exact) mass is 370 g/mol. The number of guanidine groups is 1. The van der Waals surface area contributed by atoms with Crippen LogP contribution in [0.5, 0.6) is 0 Å². The van der Waals surface area contributed by atoms with Crippen molar-refractivity contribution in [3.63, 3.8) is 0 Å². The second kappa shape index (κ2) is 9.61. The minimum atomic E-state index is -0.328. The van der Waals surface area contributed by atoms with Gasteiger partial charge in [0, 0.05) is 36.3 Å². The van der Waals surface area contributed by atoms with Crippen molar-refractivity contribution in [2.45, 2.75) is 39.7 Å². The molecule has 0 atom stereocenters. The van der Waals surface area contributed by atoms with Crippen LogP contribution < -0.4 is 10.6 Å². The van der Waals surface area contributed by atoms with Gasteiger partial charge in [-0.3, -0.25) is 9.79 Å². The highest BCUT2D eigenvalue weighted by Gasteiger charge is 2.16. The molecule has 140 valence electrons. The number of benzene rings is 1. The second-order valence-electron chi connectivity index (χ2n) is 6.84. The quantitative estimate of drug-likeness (QED) is 0.598. The van der Waals surface area contributed by atoms with Crippen LogP contribution in [0.1, 0.15) is 33.3 Å². The summed E-state index contributed by atoms with van der Waals surface area (Å²) < 4.78 is 13.8. The van der Waals surface area contributed by atoms with E-state index in [1.807, 2.05) is 27.7 Å². The van der Waals surface area contributed by atoms with E-state index in [1.165, 1.54) is 6.07 Å². The highest BCUT2D eigenvalue weighted by atomic mass is 35.5. The number of carbonyl (C=O) groups excluding carboxylic acids is 1. The fourth-order valence-electron chi connectivity index (χ4n) is 2.26. The van der Waals surface area contributed by atoms with Gasteiger partial charge in [0.25, 0.3) is 0 Å². The third kappa shape index (κ3) is 7.73. The number of hydrogen-bond acceptors (Lipinski definition) is 2. The Labute approximate surface area is 154 Å². The van der Waals surface area contributed by atoms with E-state index in [0.717, 1.165) is 0 Å². The Kier molecular flexibility index (Phi) is 8.16. The maximum atomic E-state index is 13.8. The average Bonchev–Trinajstić information content (AvgIpc) is 2.47. The first-order chi connectivity index (χ1) is 11.6. The molecule has 0 aliphatic carbocycles. The van der Waals surface area contributed by atoms with Gasteiger partial charge in [-0.25, -0.2) is 4.39 Å². The van der Waals surface area contributed by atoms with Gasteiger partial charge in [0.1, 0.15) is 5.82 Å². The number of rotatable bonds is 6. The first-order valence-electron chi connectivity index (χ1n) is 8.37. The predicted octanol–water partition coefficient (Wildman–Crippen LogP) is 2.83. The predicted molar refractivity (Wildman–Crippen MR) is 102 cm³/mol. The summed E-state index contributed by atoms with van der Waals surface area (Å²) in [6.45, 7) is 8.97. The van der Waals surface area contributed by atoms with Crippen molar-refractivity contribution in [3.05, 3.63) is 34.6 Å². The molecule has 0 fully saturated rings. The lowest BCUT2D eigenvalue weighted by atomic mass is 10.1. The van der Waals surface area contributed by atoms with Crippen molar-refractivity contribution in [3.8, 4) is 0 Å². The zero-order valence-corrected chi connectivity index (χ0v) is 16.4. The normalized spacial score (nSPS) is 12.0. The van der Waals surface area contributed by atoms with Crippen molar-refractivity contribution >= 4 is 23.5 Å². The number of nitrogens with zero attached hydrogens (tertiary/aromatic N) is 2. The summed E-state index contributed by atoms with van der Waals surface area (Å²) in [6.07, 6.45) is 0.391. The maximum Gasteiger partial charge on any atom is 0.240 e. The van der Waals surface area contributed by atoms with Gasteiger partial charge in [0.05, 0.1) is 6.54 Å². The van der Waals surface area contributed by atoms with Crippen LogP contribution in [-0.4, -0.2) is 49.0 Å². The van der Waals surface area contributed by atoms with Crippen molar-refractivity contribution in [2.24, 2.45) is 4.99 Å². The van der Waals surface area contributed by atoms with Crippen molar-refractivity contribution in [1.29, 1.82) is 0 Å². The molecule has 0 aliphatic heterocycles. The largest absolute Gasteiger partial charge is 0.357 e. The molecular formula is C18H28ClFN4O. The van der Waals surface area contributed by atoms with E-state index in [1.54, 1.807) is 24.1 Å². The van der Waals surface area contributed by atoms with E-state index < -0.39 is 0 Å². The van der Waals surface area contributed by atoms with Crippen LogP contribution in [0.2, 0.25) is 5.02 Å². The molecule has 25 heavy (non-hydrogen) atoms. The van der Waals surface area contributed by atoms with Gasteiger partial charge in [0.15, 0.2) is 5.96 Å². The van der Waals surface area contributed by atoms with E-state index in [0.29, 0.717) is 36.1 Å². The highest BCUT2D eigenvalue weighted by molar-refractivity contribution is 6.31. The standard InChI is InChI=1S/C18H28ClFN4O/c1-6-21-17(24(5)12-16(25)23-18(2,3)4)22-11-10-13-14(19)8-7-9-15(13)20/h7-9H,6,10-12H2,1-5H3,(H,21,22)(H,23,25). The molecular weight excluding hydrogens is 343 g/mol. The van der Waals surface area contributed by atoms with Crippen LogP contribution in [-0.2, 0) is 11.2 Å². The zero-order chi connectivity index (χ0) is 19.0. The number of carbonyl (C=O) groups is 1. The lowest BCUT2D eigenvalue weighted by Crippen LogP contribution is -2.48. The van der Waals surface area contributed by atoms with Crippen LogP contribution in [0.25, 0.3) is 0 Å². The second-order valence-corrected chi connectivity index (χ2v) is 7.25. The van der Waals surface area contributed by atoms with Crippen LogP contribution in [0, 0.1) is 5.82 Å². The summed E-state index contributed by atoms with van der Waals surface area (Å²) in [6, 6.07) is 4.63. The smallest absolute Gasteiger partial charge is 0.240 e. The van der Waals surface area contributed by atoms with Crippen LogP contribution in [0.15, 0.2) is 23.2 Å². The minimum Gasteiger partial charge on any atom is -0.357 e. The SMILES string of the molecule is CCNC(=NCCc1c(F)cccc1Cl)N(C)CC(=O)NC(C)(C)C. The van der Waals surface area contributed by atoms with Crippen molar-refractivity contribution < 1.29 is 9.18 Å². The van der Waals surface area contributed by atoms with E-state index >= 15 is 0 Å². The molecule has 0 unspecified atom stereocenters. The van der Waals surface area contributed by atoms with Gasteiger partial charge in [0.2, 0.25) is 5.91 Å². The molecule has 5 nitrogen and oxygen atoms in total. The van der Waals surface area contributed by atoms with Crippen molar-refractivity contribution in [2.75, 3.05) is 26.7 Å². The number of hydrogen-bond donors (Lipinski definition) is 2. The van der Waals surface area contributed by atoms with E-state index in [2.05, 4.69) is 15.6 Å². The molecule has 0 saturated heterocycles. The minimum absolute atomic E-state index is 0.0854. The van der Waals surface area contributed by atoms with Gasteiger partial charge in [-0.1, -0.05) is 17.7 Å². The Morgan fingerprint density at radius 1 is 1.36 bits per heavy atom. The lowest BCUT2D eigenvalue weighted by Gasteiger charge is -2.25. The molecule has 1 aromatic carbocycles. The van der Waals surface area contributed by atoms with Crippen LogP contribution in [0.3, 0.4) is 0 Å². The van der Waals surface area contributed by atoms with Crippen LogP contribution >= 0.6 is 11.6 Å². The zero-order valence-electron chi connectivity index (χ0n) is 15.6. The Bertz CT molecular complexity index is 593. The van der Waals surface area contributed by atoms with Gasteiger partial charge >= 0.3 is 0 Å². The number of likely N-dealkylation sites (N-methyl/N-ethyl adjacent to an activating group) is 1. The Morgan fingerprint density at radius 2 is 2.04 bits per heavy atom. The summed E-state index contributed by atoms with van der Waals surface area (Å²) in [7, 11) is 1.79. The molecule has 1 rings (SSSR count). The van der Waals surface area contributed by atoms with E-state index in [9.17, 15) is 9.18 Å². The fourth-order valence-corrected chi connectivity index (χ4v) is 2.52. The highest BCUT2D eigenvalue weighted by Crippen LogP contribution is 2.19. The lowest BCUT2D eigenvalue weighted by molar-refractivity contribution is -0.122. The molecule has 0 saturated carbocycles. The molecule has 0 aromatic heterocycles. The number of halogens is 2. The van der Waals surface area contributed by atoms with E-state index in [-0.39, 0.29) is 23.8 Å². The molecule has 0 bridgehead atoms. The van der Waals surface area contributed by atoms with Gasteiger partial charge < -0.3 is 15.5 Å². The molecule has 1 amide bonds. The molecule has 0 radical (unpaired) electrons. The Hall–Kier alpha value is -1.82. The molecule has 0 aliphatic rings. The first kappa shape index (κ1) is 21.2. The summed E-state index contributed by atoms with van der Waals surface area (Å²) >= 11 is 6.03. The molecule has 7 heteroatoms. The summed E-state index contributed by atoms with van der Waals surface area (Å²) in [5.74, 6) is 0.183. The maximum absolute atomic E-state index is 13.8. The van der Waals surface area contributed by atoms with Gasteiger partial charge in [-0.15, -0.1) is 0 Å². The van der Waals surface area contributed by atoms with Gasteiger partial charge in [-0.2, -0.15) is 0 Å². The summed E-state index contributed by atoms with van der Waals surface area (Å²) in [5, 5.41) is 6.45. The number of nitrogens with one attached hydrogen (secondary N) is 2. The Balaban J connectivity index is 2.71. The van der Waals surface area contributed by atoms with Crippen molar-refractivity contribution in [1.82, 2.24) is 15.5 Å². The summed E-state index contributed by atoms with van der Waals surface area (Å²) in [4.78, 5) is 18.3. The summed E-state index contributed by atoms with van der Waals surface area (Å²) in [5.41, 5.74) is 0.173.